The Bertz CT molecular complexity index is 997. The summed E-state index contributed by atoms with van der Waals surface area (Å²) in [6.07, 6.45) is -2.56. The zero-order valence-electron chi connectivity index (χ0n) is 17.3. The number of rotatable bonds is 9. The first-order valence-corrected chi connectivity index (χ1v) is 11.5. The summed E-state index contributed by atoms with van der Waals surface area (Å²) in [7, 11) is -3.56. The Balaban J connectivity index is 1.46. The van der Waals surface area contributed by atoms with E-state index < -0.39 is 29.1 Å². The normalized spacial score (nSPS) is 14.8. The average molecular weight is 470 g/mol. The number of sulfonamides is 1. The molecule has 32 heavy (non-hydrogen) atoms. The fraction of sp³-hybridized carbons (Fsp3) is 0.381. The number of hydrogen-bond acceptors (Lipinski definition) is 5. The molecule has 174 valence electrons. The van der Waals surface area contributed by atoms with Crippen LogP contribution in [-0.2, 0) is 27.8 Å². The van der Waals surface area contributed by atoms with E-state index in [4.69, 9.17) is 9.47 Å². The summed E-state index contributed by atoms with van der Waals surface area (Å²) >= 11 is 0. The fourth-order valence-electron chi connectivity index (χ4n) is 3.05. The highest BCUT2D eigenvalue weighted by atomic mass is 32.2. The molecule has 0 unspecified atom stereocenters. The van der Waals surface area contributed by atoms with Crippen molar-refractivity contribution in [3.8, 4) is 5.75 Å². The van der Waals surface area contributed by atoms with Crippen molar-refractivity contribution in [3.63, 3.8) is 0 Å². The van der Waals surface area contributed by atoms with Crippen LogP contribution in [-0.4, -0.2) is 58.1 Å². The zero-order chi connectivity index (χ0) is 23.0. The van der Waals surface area contributed by atoms with Crippen molar-refractivity contribution in [2.45, 2.75) is 24.4 Å². The molecule has 0 spiro atoms. The summed E-state index contributed by atoms with van der Waals surface area (Å²) in [6.45, 7) is 1.12. The van der Waals surface area contributed by atoms with E-state index in [0.29, 0.717) is 37.6 Å². The number of nitrogens with zero attached hydrogens (tertiary/aromatic N) is 1. The molecule has 1 aliphatic heterocycles. The molecule has 8 nitrogen and oxygen atoms in total. The van der Waals surface area contributed by atoms with E-state index in [2.05, 4.69) is 10.6 Å². The van der Waals surface area contributed by atoms with Crippen LogP contribution < -0.4 is 15.4 Å². The van der Waals surface area contributed by atoms with Gasteiger partial charge in [0, 0.05) is 26.2 Å². The molecule has 1 heterocycles. The van der Waals surface area contributed by atoms with Crippen molar-refractivity contribution in [1.29, 1.82) is 0 Å². The van der Waals surface area contributed by atoms with Gasteiger partial charge < -0.3 is 20.1 Å². The molecule has 0 bridgehead atoms. The fourth-order valence-corrected chi connectivity index (χ4v) is 4.45. The molecule has 3 rings (SSSR count). The average Bonchev–Trinajstić information content (AvgIpc) is 2.81. The van der Waals surface area contributed by atoms with Crippen LogP contribution in [0.4, 0.5) is 13.6 Å². The summed E-state index contributed by atoms with van der Waals surface area (Å²) in [5.74, 6) is 0.303. The number of alkyl halides is 2. The van der Waals surface area contributed by atoms with E-state index in [0.717, 1.165) is 5.56 Å². The number of benzene rings is 2. The number of halogens is 2. The highest BCUT2D eigenvalue weighted by Gasteiger charge is 2.26. The molecule has 1 fully saturated rings. The Morgan fingerprint density at radius 3 is 2.34 bits per heavy atom. The molecule has 2 aromatic rings. The summed E-state index contributed by atoms with van der Waals surface area (Å²) in [5, 5.41) is 5.36. The first kappa shape index (κ1) is 23.9. The second kappa shape index (κ2) is 11.2. The Morgan fingerprint density at radius 2 is 1.69 bits per heavy atom. The SMILES string of the molecule is O=C(NCc1ccc(S(=O)(=O)N2CCOCC2)cc1)NCc1cccc(OCC(F)F)c1. The van der Waals surface area contributed by atoms with Gasteiger partial charge in [0.15, 0.2) is 0 Å². The Labute approximate surface area is 185 Å². The summed E-state index contributed by atoms with van der Waals surface area (Å²) < 4.78 is 61.3. The van der Waals surface area contributed by atoms with Gasteiger partial charge in [-0.3, -0.25) is 0 Å². The van der Waals surface area contributed by atoms with Crippen LogP contribution >= 0.6 is 0 Å². The Kier molecular flexibility index (Phi) is 8.37. The largest absolute Gasteiger partial charge is 0.488 e. The minimum atomic E-state index is -3.56. The predicted octanol–water partition coefficient (Wildman–Crippen LogP) is 2.35. The van der Waals surface area contributed by atoms with Gasteiger partial charge in [-0.1, -0.05) is 24.3 Å². The van der Waals surface area contributed by atoms with Gasteiger partial charge in [0.05, 0.1) is 18.1 Å². The molecule has 2 N–H and O–H groups in total. The molecule has 1 saturated heterocycles. The molecular formula is C21H25F2N3O5S. The minimum Gasteiger partial charge on any atom is -0.488 e. The lowest BCUT2D eigenvalue weighted by molar-refractivity contribution is 0.0730. The number of ether oxygens (including phenoxy) is 2. The molecule has 11 heteroatoms. The summed E-state index contributed by atoms with van der Waals surface area (Å²) in [4.78, 5) is 12.3. The standard InChI is InChI=1S/C21H25F2N3O5S/c22-20(23)15-31-18-3-1-2-17(12-18)14-25-21(27)24-13-16-4-6-19(7-5-16)32(28,29)26-8-10-30-11-9-26/h1-7,12,20H,8-11,13-15H2,(H2,24,25,27). The van der Waals surface area contributed by atoms with Gasteiger partial charge in [-0.25, -0.2) is 22.0 Å². The summed E-state index contributed by atoms with van der Waals surface area (Å²) in [6, 6.07) is 12.5. The van der Waals surface area contributed by atoms with Crippen LogP contribution in [0.15, 0.2) is 53.4 Å². The first-order valence-electron chi connectivity index (χ1n) is 10.0. The monoisotopic (exact) mass is 469 g/mol. The molecular weight excluding hydrogens is 444 g/mol. The van der Waals surface area contributed by atoms with E-state index in [9.17, 15) is 22.0 Å². The highest BCUT2D eigenvalue weighted by molar-refractivity contribution is 7.89. The van der Waals surface area contributed by atoms with Gasteiger partial charge in [0.1, 0.15) is 12.4 Å². The van der Waals surface area contributed by atoms with Gasteiger partial charge in [-0.2, -0.15) is 4.31 Å². The number of carbonyl (C=O) groups excluding carboxylic acids is 1. The van der Waals surface area contributed by atoms with Crippen molar-refractivity contribution in [2.24, 2.45) is 0 Å². The van der Waals surface area contributed by atoms with Crippen LogP contribution in [0, 0.1) is 0 Å². The van der Waals surface area contributed by atoms with E-state index >= 15 is 0 Å². The third kappa shape index (κ3) is 6.87. The molecule has 2 aromatic carbocycles. The number of nitrogens with one attached hydrogen (secondary N) is 2. The lowest BCUT2D eigenvalue weighted by Gasteiger charge is -2.26. The first-order chi connectivity index (χ1) is 15.3. The van der Waals surface area contributed by atoms with Crippen LogP contribution in [0.5, 0.6) is 5.75 Å². The maximum atomic E-state index is 12.6. The van der Waals surface area contributed by atoms with Gasteiger partial charge in [0.2, 0.25) is 10.0 Å². The molecule has 0 aliphatic carbocycles. The van der Waals surface area contributed by atoms with Crippen LogP contribution in [0.3, 0.4) is 0 Å². The van der Waals surface area contributed by atoms with E-state index in [-0.39, 0.29) is 18.0 Å². The maximum absolute atomic E-state index is 12.6. The predicted molar refractivity (Wildman–Crippen MR) is 113 cm³/mol. The van der Waals surface area contributed by atoms with Gasteiger partial charge >= 0.3 is 6.03 Å². The Hall–Kier alpha value is -2.76. The van der Waals surface area contributed by atoms with Crippen molar-refractivity contribution in [1.82, 2.24) is 14.9 Å². The molecule has 2 amide bonds. The Morgan fingerprint density at radius 1 is 1.03 bits per heavy atom. The third-order valence-electron chi connectivity index (χ3n) is 4.71. The number of hydrogen-bond donors (Lipinski definition) is 2. The van der Waals surface area contributed by atoms with Crippen LogP contribution in [0.25, 0.3) is 0 Å². The zero-order valence-corrected chi connectivity index (χ0v) is 18.1. The van der Waals surface area contributed by atoms with Gasteiger partial charge in [0.25, 0.3) is 6.43 Å². The number of amides is 2. The molecule has 0 saturated carbocycles. The lowest BCUT2D eigenvalue weighted by atomic mass is 10.2. The highest BCUT2D eigenvalue weighted by Crippen LogP contribution is 2.18. The van der Waals surface area contributed by atoms with Gasteiger partial charge in [-0.05, 0) is 35.4 Å². The topological polar surface area (TPSA) is 97.0 Å². The van der Waals surface area contributed by atoms with Crippen molar-refractivity contribution < 1.29 is 31.5 Å². The molecule has 1 aliphatic rings. The minimum absolute atomic E-state index is 0.189. The smallest absolute Gasteiger partial charge is 0.315 e. The van der Waals surface area contributed by atoms with E-state index in [1.165, 1.54) is 16.4 Å². The van der Waals surface area contributed by atoms with Crippen LogP contribution in [0.2, 0.25) is 0 Å². The molecule has 0 atom stereocenters. The van der Waals surface area contributed by atoms with Crippen molar-refractivity contribution in [2.75, 3.05) is 32.9 Å². The third-order valence-corrected chi connectivity index (χ3v) is 6.62. The molecule has 0 aromatic heterocycles. The number of urea groups is 1. The van der Waals surface area contributed by atoms with Crippen LogP contribution in [0.1, 0.15) is 11.1 Å². The maximum Gasteiger partial charge on any atom is 0.315 e. The van der Waals surface area contributed by atoms with E-state index in [1.54, 1.807) is 36.4 Å². The lowest BCUT2D eigenvalue weighted by Crippen LogP contribution is -2.40. The molecule has 0 radical (unpaired) electrons. The summed E-state index contributed by atoms with van der Waals surface area (Å²) in [5.41, 5.74) is 1.44. The second-order valence-corrected chi connectivity index (χ2v) is 8.98. The second-order valence-electron chi connectivity index (χ2n) is 7.05. The quantitative estimate of drug-likeness (QED) is 0.588. The number of carbonyl (C=O) groups is 1. The van der Waals surface area contributed by atoms with Crippen molar-refractivity contribution >= 4 is 16.1 Å². The van der Waals surface area contributed by atoms with E-state index in [1.807, 2.05) is 0 Å². The van der Waals surface area contributed by atoms with Gasteiger partial charge in [-0.15, -0.1) is 0 Å². The van der Waals surface area contributed by atoms with Crippen molar-refractivity contribution in [3.05, 3.63) is 59.7 Å². The number of morpholine rings is 1.